The van der Waals surface area contributed by atoms with Crippen molar-refractivity contribution in [2.75, 3.05) is 26.4 Å². The number of rotatable bonds is 56. The molecule has 438 valence electrons. The Balaban J connectivity index is 4.77. The number of carbonyl (C=O) groups is 3. The van der Waals surface area contributed by atoms with Crippen LogP contribution in [-0.4, -0.2) is 66.5 Å². The average molecular weight is 1090 g/mol. The van der Waals surface area contributed by atoms with Gasteiger partial charge < -0.3 is 24.2 Å². The van der Waals surface area contributed by atoms with E-state index in [1.165, 1.54) is 89.9 Å². The number of aliphatic hydroxyl groups is 1. The fraction of sp³-hybridized carbons (Fsp3) is 0.734. The molecule has 0 saturated carbocycles. The van der Waals surface area contributed by atoms with Crippen molar-refractivity contribution < 1.29 is 52.2 Å². The molecule has 0 aromatic carbocycles. The van der Waals surface area contributed by atoms with E-state index in [9.17, 15) is 28.9 Å². The Morgan fingerprint density at radius 3 is 1.09 bits per heavy atom. The lowest BCUT2D eigenvalue weighted by molar-refractivity contribution is -0.161. The second-order valence-electron chi connectivity index (χ2n) is 20.1. The second-order valence-corrected chi connectivity index (χ2v) is 21.6. The van der Waals surface area contributed by atoms with Crippen molar-refractivity contribution in [3.8, 4) is 0 Å². The maximum atomic E-state index is 12.9. The highest BCUT2D eigenvalue weighted by atomic mass is 31.2. The summed E-state index contributed by atoms with van der Waals surface area (Å²) in [6.07, 6.45) is 66.8. The number of phosphoric ester groups is 1. The Bertz CT molecular complexity index is 1600. The largest absolute Gasteiger partial charge is 0.472 e. The van der Waals surface area contributed by atoms with Crippen molar-refractivity contribution in [2.45, 2.75) is 277 Å². The molecule has 0 saturated heterocycles. The van der Waals surface area contributed by atoms with Crippen LogP contribution in [0.15, 0.2) is 85.1 Å². The Kier molecular flexibility index (Phi) is 55.3. The summed E-state index contributed by atoms with van der Waals surface area (Å²) in [5.74, 6) is -1.51. The molecule has 2 N–H and O–H groups in total. The van der Waals surface area contributed by atoms with Crippen molar-refractivity contribution in [3.05, 3.63) is 85.1 Å². The van der Waals surface area contributed by atoms with Crippen molar-refractivity contribution in [1.29, 1.82) is 0 Å². The third-order valence-corrected chi connectivity index (χ3v) is 13.8. The van der Waals surface area contributed by atoms with Gasteiger partial charge in [-0.25, -0.2) is 4.57 Å². The zero-order chi connectivity index (χ0) is 55.5. The Morgan fingerprint density at radius 2 is 0.684 bits per heavy atom. The summed E-state index contributed by atoms with van der Waals surface area (Å²) in [5.41, 5.74) is 0. The molecule has 11 nitrogen and oxygen atoms in total. The first-order chi connectivity index (χ1) is 37.2. The van der Waals surface area contributed by atoms with Crippen LogP contribution in [0.5, 0.6) is 0 Å². The molecule has 0 rings (SSSR count). The first-order valence-electron chi connectivity index (χ1n) is 30.5. The predicted molar refractivity (Wildman–Crippen MR) is 316 cm³/mol. The van der Waals surface area contributed by atoms with E-state index in [0.717, 1.165) is 116 Å². The summed E-state index contributed by atoms with van der Waals surface area (Å²) < 4.78 is 39.6. The van der Waals surface area contributed by atoms with Gasteiger partial charge in [0.25, 0.3) is 0 Å². The molecular formula is C64H111O11P. The lowest BCUT2D eigenvalue weighted by atomic mass is 10.0. The number of esters is 3. The minimum absolute atomic E-state index is 0.142. The van der Waals surface area contributed by atoms with E-state index < -0.39 is 57.8 Å². The molecule has 0 aromatic heterocycles. The zero-order valence-electron chi connectivity index (χ0n) is 48.5. The fourth-order valence-corrected chi connectivity index (χ4v) is 8.96. The van der Waals surface area contributed by atoms with Crippen molar-refractivity contribution in [2.24, 2.45) is 0 Å². The molecular weight excluding hydrogens is 976 g/mol. The summed E-state index contributed by atoms with van der Waals surface area (Å²) in [7, 11) is -4.76. The minimum Gasteiger partial charge on any atom is -0.462 e. The molecule has 0 radical (unpaired) electrons. The van der Waals surface area contributed by atoms with Crippen LogP contribution in [0.2, 0.25) is 0 Å². The van der Waals surface area contributed by atoms with Gasteiger partial charge in [0, 0.05) is 19.3 Å². The van der Waals surface area contributed by atoms with Crippen molar-refractivity contribution in [3.63, 3.8) is 0 Å². The van der Waals surface area contributed by atoms with E-state index in [2.05, 4.69) is 106 Å². The number of aliphatic hydroxyl groups excluding tert-OH is 1. The number of phosphoric acid groups is 1. The van der Waals surface area contributed by atoms with E-state index in [1.807, 2.05) is 0 Å². The fourth-order valence-electron chi connectivity index (χ4n) is 8.18. The third-order valence-electron chi connectivity index (χ3n) is 12.8. The maximum absolute atomic E-state index is 12.9. The number of unbranched alkanes of at least 4 members (excludes halogenated alkanes) is 25. The number of allylic oxidation sites excluding steroid dienone is 14. The van der Waals surface area contributed by atoms with Gasteiger partial charge >= 0.3 is 25.7 Å². The normalized spacial score (nSPS) is 13.9. The molecule has 76 heavy (non-hydrogen) atoms. The van der Waals surface area contributed by atoms with Crippen LogP contribution in [0.25, 0.3) is 0 Å². The monoisotopic (exact) mass is 1090 g/mol. The van der Waals surface area contributed by atoms with Crippen LogP contribution in [0.1, 0.15) is 265 Å². The number of carbonyl (C=O) groups excluding carboxylic acids is 3. The molecule has 0 spiro atoms. The van der Waals surface area contributed by atoms with Gasteiger partial charge in [0.2, 0.25) is 0 Å². The molecule has 0 aliphatic rings. The van der Waals surface area contributed by atoms with E-state index in [1.54, 1.807) is 0 Å². The van der Waals surface area contributed by atoms with E-state index >= 15 is 0 Å². The second kappa shape index (κ2) is 57.8. The number of hydrogen-bond acceptors (Lipinski definition) is 10. The number of hydrogen-bond donors (Lipinski definition) is 2. The van der Waals surface area contributed by atoms with Crippen molar-refractivity contribution >= 4 is 25.7 Å². The SMILES string of the molecule is CC/C=C\C/C=C\C/C=C\C/C=C\C/C=C\CCCCCC(=O)OCC(COP(=O)(O)OCC(CO)OC(=O)CCCCCCCCCCCCCCCCC)OC(=O)CCCCCCC/C=C\C/C=C\CCCCC. The lowest BCUT2D eigenvalue weighted by Gasteiger charge is -2.21. The van der Waals surface area contributed by atoms with Gasteiger partial charge in [-0.2, -0.15) is 0 Å². The summed E-state index contributed by atoms with van der Waals surface area (Å²) in [4.78, 5) is 48.6. The molecule has 0 bridgehead atoms. The van der Waals surface area contributed by atoms with E-state index in [4.69, 9.17) is 23.3 Å². The maximum Gasteiger partial charge on any atom is 0.472 e. The van der Waals surface area contributed by atoms with Gasteiger partial charge in [-0.1, -0.05) is 234 Å². The molecule has 0 aliphatic carbocycles. The van der Waals surface area contributed by atoms with Crippen LogP contribution in [0.4, 0.5) is 0 Å². The lowest BCUT2D eigenvalue weighted by Crippen LogP contribution is -2.30. The van der Waals surface area contributed by atoms with Crippen LogP contribution < -0.4 is 0 Å². The van der Waals surface area contributed by atoms with Gasteiger partial charge in [0.1, 0.15) is 12.7 Å². The zero-order valence-corrected chi connectivity index (χ0v) is 49.3. The Labute approximate surface area is 464 Å². The van der Waals surface area contributed by atoms with Crippen LogP contribution in [0.3, 0.4) is 0 Å². The van der Waals surface area contributed by atoms with Crippen molar-refractivity contribution in [1.82, 2.24) is 0 Å². The molecule has 0 aromatic rings. The highest BCUT2D eigenvalue weighted by Gasteiger charge is 2.28. The molecule has 0 aliphatic heterocycles. The minimum atomic E-state index is -4.76. The smallest absolute Gasteiger partial charge is 0.462 e. The van der Waals surface area contributed by atoms with E-state index in [0.29, 0.717) is 19.3 Å². The van der Waals surface area contributed by atoms with Gasteiger partial charge in [-0.3, -0.25) is 23.4 Å². The average Bonchev–Trinajstić information content (AvgIpc) is 3.41. The molecule has 0 heterocycles. The van der Waals surface area contributed by atoms with Crippen LogP contribution >= 0.6 is 7.82 Å². The first-order valence-corrected chi connectivity index (χ1v) is 32.0. The summed E-state index contributed by atoms with van der Waals surface area (Å²) in [6.45, 7) is 4.48. The molecule has 3 unspecified atom stereocenters. The van der Waals surface area contributed by atoms with Crippen LogP contribution in [0, 0.1) is 0 Å². The highest BCUT2D eigenvalue weighted by Crippen LogP contribution is 2.43. The molecule has 0 fully saturated rings. The summed E-state index contributed by atoms with van der Waals surface area (Å²) >= 11 is 0. The first kappa shape index (κ1) is 72.7. The van der Waals surface area contributed by atoms with Gasteiger partial charge in [-0.15, -0.1) is 0 Å². The Morgan fingerprint density at radius 1 is 0.382 bits per heavy atom. The third kappa shape index (κ3) is 55.4. The predicted octanol–water partition coefficient (Wildman–Crippen LogP) is 18.3. The molecule has 3 atom stereocenters. The molecule has 12 heteroatoms. The number of ether oxygens (including phenoxy) is 3. The Hall–Kier alpha value is -3.34. The van der Waals surface area contributed by atoms with E-state index in [-0.39, 0.29) is 25.9 Å². The standard InChI is InChI=1S/C64H111O11P/c1-4-7-10-13-16-19-22-25-28-29-30-31-34-35-38-41-44-47-50-53-62(66)71-57-61(75-64(68)55-52-49-46-43-40-37-33-27-24-21-18-15-12-9-6-3)59-73-76(69,70)72-58-60(56-65)74-63(67)54-51-48-45-42-39-36-32-26-23-20-17-14-11-8-5-2/h7,10,16,18-19,21,25,27-28,30-31,33,35,38,60-61,65H,4-6,8-9,11-15,17,20,22-24,26,29,32,34,36-37,39-59H2,1-3H3,(H,69,70)/b10-7-,19-16-,21-18-,28-25-,31-30-,33-27-,38-35-. The molecule has 0 amide bonds. The highest BCUT2D eigenvalue weighted by molar-refractivity contribution is 7.47. The van der Waals surface area contributed by atoms with Gasteiger partial charge in [0.05, 0.1) is 19.8 Å². The van der Waals surface area contributed by atoms with Gasteiger partial charge in [-0.05, 0) is 96.3 Å². The van der Waals surface area contributed by atoms with Crippen LogP contribution in [-0.2, 0) is 42.2 Å². The van der Waals surface area contributed by atoms with Gasteiger partial charge in [0.15, 0.2) is 6.10 Å². The quantitative estimate of drug-likeness (QED) is 0.0197. The summed E-state index contributed by atoms with van der Waals surface area (Å²) in [5, 5.41) is 9.83. The summed E-state index contributed by atoms with van der Waals surface area (Å²) in [6, 6.07) is 0. The topological polar surface area (TPSA) is 155 Å².